The molecule has 1 nitrogen and oxygen atoms in total. The average Bonchev–Trinajstić information content (AvgIpc) is 3.06. The zero-order valence-corrected chi connectivity index (χ0v) is 12.4. The van der Waals surface area contributed by atoms with Crippen LogP contribution in [0, 0.1) is 19.3 Å². The fraction of sp³-hybridized carbons (Fsp3) is 0.647. The zero-order valence-electron chi connectivity index (χ0n) is 12.4. The molecule has 1 aliphatic rings. The lowest BCUT2D eigenvalue weighted by atomic mass is 10.0. The Labute approximate surface area is 112 Å². The summed E-state index contributed by atoms with van der Waals surface area (Å²) in [6.07, 6.45) is 5.38. The van der Waals surface area contributed by atoms with Gasteiger partial charge in [0.15, 0.2) is 0 Å². The predicted octanol–water partition coefficient (Wildman–Crippen LogP) is 4.71. The second-order valence-electron chi connectivity index (χ2n) is 6.30. The highest BCUT2D eigenvalue weighted by molar-refractivity contribution is 5.56. The summed E-state index contributed by atoms with van der Waals surface area (Å²) >= 11 is 0. The molecule has 0 bridgehead atoms. The number of benzene rings is 1. The van der Waals surface area contributed by atoms with E-state index in [1.54, 1.807) is 0 Å². The fourth-order valence-corrected chi connectivity index (χ4v) is 2.54. The predicted molar refractivity (Wildman–Crippen MR) is 80.4 cm³/mol. The van der Waals surface area contributed by atoms with Gasteiger partial charge in [-0.05, 0) is 55.7 Å². The van der Waals surface area contributed by atoms with Gasteiger partial charge in [-0.25, -0.2) is 0 Å². The normalized spacial score (nSPS) is 16.7. The first-order chi connectivity index (χ1) is 8.56. The molecule has 0 N–H and O–H groups in total. The largest absolute Gasteiger partial charge is 0.371 e. The Morgan fingerprint density at radius 3 is 2.56 bits per heavy atom. The van der Waals surface area contributed by atoms with Gasteiger partial charge in [0.1, 0.15) is 0 Å². The molecule has 0 spiro atoms. The third-order valence-corrected chi connectivity index (χ3v) is 4.37. The van der Waals surface area contributed by atoms with Crippen LogP contribution in [0.5, 0.6) is 0 Å². The Hall–Kier alpha value is -0.980. The van der Waals surface area contributed by atoms with Crippen LogP contribution in [-0.4, -0.2) is 13.1 Å². The highest BCUT2D eigenvalue weighted by Gasteiger charge is 2.38. The van der Waals surface area contributed by atoms with Gasteiger partial charge in [-0.15, -0.1) is 0 Å². The number of nitrogens with zero attached hydrogens (tertiary/aromatic N) is 1. The molecule has 0 aromatic heterocycles. The third-order valence-electron chi connectivity index (χ3n) is 4.37. The Morgan fingerprint density at radius 1 is 1.22 bits per heavy atom. The summed E-state index contributed by atoms with van der Waals surface area (Å²) in [6, 6.07) is 6.71. The van der Waals surface area contributed by atoms with Crippen LogP contribution in [0.1, 0.15) is 50.7 Å². The monoisotopic (exact) mass is 245 g/mol. The highest BCUT2D eigenvalue weighted by atomic mass is 15.1. The molecular formula is C17H27N. The third kappa shape index (κ3) is 3.07. The van der Waals surface area contributed by atoms with Gasteiger partial charge in [0.05, 0.1) is 0 Å². The van der Waals surface area contributed by atoms with E-state index in [-0.39, 0.29) is 0 Å². The lowest BCUT2D eigenvalue weighted by Gasteiger charge is -2.30. The van der Waals surface area contributed by atoms with Gasteiger partial charge >= 0.3 is 0 Å². The average molecular weight is 245 g/mol. The summed E-state index contributed by atoms with van der Waals surface area (Å²) in [5.74, 6) is 0. The van der Waals surface area contributed by atoms with E-state index < -0.39 is 0 Å². The number of anilines is 1. The number of unbranched alkanes of at least 4 members (excludes halogenated alkanes) is 1. The lowest BCUT2D eigenvalue weighted by Crippen LogP contribution is -2.31. The van der Waals surface area contributed by atoms with Gasteiger partial charge in [-0.2, -0.15) is 0 Å². The van der Waals surface area contributed by atoms with Crippen molar-refractivity contribution in [1.82, 2.24) is 0 Å². The van der Waals surface area contributed by atoms with Gasteiger partial charge in [0, 0.05) is 18.8 Å². The summed E-state index contributed by atoms with van der Waals surface area (Å²) < 4.78 is 0. The van der Waals surface area contributed by atoms with Crippen molar-refractivity contribution in [2.45, 2.75) is 53.4 Å². The van der Waals surface area contributed by atoms with Crippen molar-refractivity contribution in [3.63, 3.8) is 0 Å². The summed E-state index contributed by atoms with van der Waals surface area (Å²) in [4.78, 5) is 2.62. The molecule has 0 atom stereocenters. The van der Waals surface area contributed by atoms with Gasteiger partial charge in [0.25, 0.3) is 0 Å². The first-order valence-corrected chi connectivity index (χ1v) is 7.37. The quantitative estimate of drug-likeness (QED) is 0.701. The van der Waals surface area contributed by atoms with Crippen molar-refractivity contribution < 1.29 is 0 Å². The van der Waals surface area contributed by atoms with Gasteiger partial charge in [-0.3, -0.25) is 0 Å². The molecule has 2 rings (SSSR count). The van der Waals surface area contributed by atoms with E-state index in [9.17, 15) is 0 Å². The lowest BCUT2D eigenvalue weighted by molar-refractivity contribution is 0.540. The van der Waals surface area contributed by atoms with Crippen LogP contribution < -0.4 is 4.90 Å². The standard InChI is InChI=1S/C17H27N/c1-5-6-12-18(13-17(4)10-11-17)16-9-7-8-14(2)15(16)3/h7-9H,5-6,10-13H2,1-4H3. The molecule has 0 aliphatic heterocycles. The van der Waals surface area contributed by atoms with Gasteiger partial charge in [0.2, 0.25) is 0 Å². The smallest absolute Gasteiger partial charge is 0.0398 e. The maximum Gasteiger partial charge on any atom is 0.0398 e. The summed E-state index contributed by atoms with van der Waals surface area (Å²) in [5, 5.41) is 0. The highest BCUT2D eigenvalue weighted by Crippen LogP contribution is 2.46. The molecule has 1 fully saturated rings. The Balaban J connectivity index is 2.18. The van der Waals surface area contributed by atoms with Gasteiger partial charge < -0.3 is 4.90 Å². The molecule has 0 saturated heterocycles. The molecule has 18 heavy (non-hydrogen) atoms. The zero-order chi connectivity index (χ0) is 13.2. The molecular weight excluding hydrogens is 218 g/mol. The minimum atomic E-state index is 0.587. The molecule has 100 valence electrons. The van der Waals surface area contributed by atoms with E-state index in [0.29, 0.717) is 5.41 Å². The topological polar surface area (TPSA) is 3.24 Å². The minimum absolute atomic E-state index is 0.587. The van der Waals surface area contributed by atoms with Crippen molar-refractivity contribution in [3.8, 4) is 0 Å². The number of hydrogen-bond donors (Lipinski definition) is 0. The molecule has 1 aromatic carbocycles. The number of rotatable bonds is 6. The Morgan fingerprint density at radius 2 is 1.94 bits per heavy atom. The maximum absolute atomic E-state index is 2.62. The van der Waals surface area contributed by atoms with Crippen LogP contribution in [-0.2, 0) is 0 Å². The van der Waals surface area contributed by atoms with Crippen LogP contribution >= 0.6 is 0 Å². The summed E-state index contributed by atoms with van der Waals surface area (Å²) in [6.45, 7) is 11.6. The van der Waals surface area contributed by atoms with Crippen LogP contribution in [0.25, 0.3) is 0 Å². The molecule has 1 saturated carbocycles. The SMILES string of the molecule is CCCCN(CC1(C)CC1)c1cccc(C)c1C. The molecule has 1 aromatic rings. The van der Waals surface area contributed by atoms with Crippen LogP contribution in [0.3, 0.4) is 0 Å². The fourth-order valence-electron chi connectivity index (χ4n) is 2.54. The van der Waals surface area contributed by atoms with Crippen LogP contribution in [0.15, 0.2) is 18.2 Å². The van der Waals surface area contributed by atoms with Crippen molar-refractivity contribution in [1.29, 1.82) is 0 Å². The van der Waals surface area contributed by atoms with Gasteiger partial charge in [-0.1, -0.05) is 32.4 Å². The van der Waals surface area contributed by atoms with Crippen molar-refractivity contribution in [2.75, 3.05) is 18.0 Å². The van der Waals surface area contributed by atoms with Crippen molar-refractivity contribution in [2.24, 2.45) is 5.41 Å². The Kier molecular flexibility index (Phi) is 3.99. The molecule has 1 aliphatic carbocycles. The van der Waals surface area contributed by atoms with E-state index in [2.05, 4.69) is 50.8 Å². The van der Waals surface area contributed by atoms with Crippen molar-refractivity contribution >= 4 is 5.69 Å². The van der Waals surface area contributed by atoms with E-state index >= 15 is 0 Å². The maximum atomic E-state index is 2.62. The van der Waals surface area contributed by atoms with E-state index in [0.717, 1.165) is 0 Å². The van der Waals surface area contributed by atoms with E-state index in [1.165, 1.54) is 55.6 Å². The summed E-state index contributed by atoms with van der Waals surface area (Å²) in [5.41, 5.74) is 4.91. The second-order valence-corrected chi connectivity index (χ2v) is 6.30. The molecule has 0 unspecified atom stereocenters. The molecule has 0 radical (unpaired) electrons. The molecule has 0 heterocycles. The number of hydrogen-bond acceptors (Lipinski definition) is 1. The number of aryl methyl sites for hydroxylation is 1. The van der Waals surface area contributed by atoms with E-state index in [4.69, 9.17) is 0 Å². The minimum Gasteiger partial charge on any atom is -0.371 e. The van der Waals surface area contributed by atoms with Crippen molar-refractivity contribution in [3.05, 3.63) is 29.3 Å². The summed E-state index contributed by atoms with van der Waals surface area (Å²) in [7, 11) is 0. The Bertz CT molecular complexity index is 404. The van der Waals surface area contributed by atoms with Crippen LogP contribution in [0.4, 0.5) is 5.69 Å². The van der Waals surface area contributed by atoms with E-state index in [1.807, 2.05) is 0 Å². The first-order valence-electron chi connectivity index (χ1n) is 7.37. The molecule has 0 amide bonds. The van der Waals surface area contributed by atoms with Crippen LogP contribution in [0.2, 0.25) is 0 Å². The molecule has 1 heteroatoms. The second kappa shape index (κ2) is 5.34. The first kappa shape index (κ1) is 13.5.